The average molecular weight is 328 g/mol. The number of benzene rings is 2. The van der Waals surface area contributed by atoms with Crippen LogP contribution >= 0.6 is 0 Å². The molecule has 0 aliphatic rings. The Balaban J connectivity index is 1.68. The van der Waals surface area contributed by atoms with Crippen LogP contribution in [0.2, 0.25) is 0 Å². The number of hydrogen-bond acceptors (Lipinski definition) is 2. The zero-order valence-electron chi connectivity index (χ0n) is 14.1. The topological polar surface area (TPSA) is 55.1 Å². The zero-order chi connectivity index (χ0) is 17.4. The van der Waals surface area contributed by atoms with Crippen molar-refractivity contribution in [3.8, 4) is 0 Å². The van der Waals surface area contributed by atoms with Crippen LogP contribution in [0.1, 0.15) is 30.0 Å². The van der Waals surface area contributed by atoms with E-state index in [2.05, 4.69) is 24.4 Å². The largest absolute Gasteiger partial charge is 0.369 e. The number of nitrogens with two attached hydrogens (primary N) is 1. The van der Waals surface area contributed by atoms with Gasteiger partial charge in [0, 0.05) is 6.04 Å². The Morgan fingerprint density at radius 1 is 1.04 bits per heavy atom. The summed E-state index contributed by atoms with van der Waals surface area (Å²) in [6.45, 7) is 3.09. The second kappa shape index (κ2) is 9.18. The van der Waals surface area contributed by atoms with Crippen LogP contribution in [-0.2, 0) is 24.1 Å². The van der Waals surface area contributed by atoms with E-state index in [1.54, 1.807) is 0 Å². The molecule has 0 aliphatic heterocycles. The van der Waals surface area contributed by atoms with Crippen molar-refractivity contribution in [3.63, 3.8) is 0 Å². The van der Waals surface area contributed by atoms with Gasteiger partial charge in [-0.2, -0.15) is 0 Å². The molecule has 24 heavy (non-hydrogen) atoms. The summed E-state index contributed by atoms with van der Waals surface area (Å²) < 4.78 is 12.8. The van der Waals surface area contributed by atoms with E-state index < -0.39 is 0 Å². The fraction of sp³-hybridized carbons (Fsp3) is 0.350. The van der Waals surface area contributed by atoms with E-state index >= 15 is 0 Å². The number of rotatable bonds is 9. The molecule has 0 aromatic heterocycles. The van der Waals surface area contributed by atoms with Gasteiger partial charge >= 0.3 is 0 Å². The van der Waals surface area contributed by atoms with Crippen molar-refractivity contribution in [3.05, 3.63) is 71.0 Å². The Hall–Kier alpha value is -2.20. The van der Waals surface area contributed by atoms with E-state index in [1.165, 1.54) is 17.7 Å². The molecule has 4 heteroatoms. The monoisotopic (exact) mass is 328 g/mol. The van der Waals surface area contributed by atoms with E-state index in [0.29, 0.717) is 6.04 Å². The summed E-state index contributed by atoms with van der Waals surface area (Å²) in [4.78, 5) is 10.9. The van der Waals surface area contributed by atoms with Gasteiger partial charge in [0.1, 0.15) is 5.82 Å². The summed E-state index contributed by atoms with van der Waals surface area (Å²) in [5, 5.41) is 3.51. The van der Waals surface area contributed by atoms with E-state index in [1.807, 2.05) is 24.3 Å². The highest BCUT2D eigenvalue weighted by atomic mass is 19.1. The summed E-state index contributed by atoms with van der Waals surface area (Å²) in [7, 11) is 0. The van der Waals surface area contributed by atoms with Crippen molar-refractivity contribution in [2.75, 3.05) is 6.54 Å². The van der Waals surface area contributed by atoms with Crippen molar-refractivity contribution in [2.45, 2.75) is 38.6 Å². The maximum absolute atomic E-state index is 12.8. The third kappa shape index (κ3) is 6.50. The highest BCUT2D eigenvalue weighted by molar-refractivity contribution is 5.76. The Kier molecular flexibility index (Phi) is 6.94. The van der Waals surface area contributed by atoms with Gasteiger partial charge in [-0.1, -0.05) is 36.4 Å². The average Bonchev–Trinajstić information content (AvgIpc) is 2.55. The van der Waals surface area contributed by atoms with Gasteiger partial charge < -0.3 is 11.1 Å². The SMILES string of the molecule is CC(Cc1ccc(CC(N)=O)cc1)NCCCc1ccc(F)cc1. The van der Waals surface area contributed by atoms with Gasteiger partial charge in [-0.3, -0.25) is 4.79 Å². The summed E-state index contributed by atoms with van der Waals surface area (Å²) in [6.07, 6.45) is 3.19. The number of aryl methyl sites for hydroxylation is 1. The number of halogens is 1. The Morgan fingerprint density at radius 3 is 2.25 bits per heavy atom. The fourth-order valence-electron chi connectivity index (χ4n) is 2.71. The van der Waals surface area contributed by atoms with Crippen molar-refractivity contribution in [1.82, 2.24) is 5.32 Å². The molecule has 0 radical (unpaired) electrons. The van der Waals surface area contributed by atoms with Crippen molar-refractivity contribution >= 4 is 5.91 Å². The van der Waals surface area contributed by atoms with Gasteiger partial charge in [-0.05, 0) is 61.6 Å². The van der Waals surface area contributed by atoms with Crippen LogP contribution < -0.4 is 11.1 Å². The molecule has 2 aromatic rings. The second-order valence-corrected chi connectivity index (χ2v) is 6.25. The molecular weight excluding hydrogens is 303 g/mol. The van der Waals surface area contributed by atoms with Crippen molar-refractivity contribution in [2.24, 2.45) is 5.73 Å². The van der Waals surface area contributed by atoms with E-state index in [9.17, 15) is 9.18 Å². The summed E-state index contributed by atoms with van der Waals surface area (Å²) in [5.74, 6) is -0.494. The molecule has 1 unspecified atom stereocenters. The molecule has 2 rings (SSSR count). The van der Waals surface area contributed by atoms with Crippen LogP contribution in [0.4, 0.5) is 4.39 Å². The third-order valence-corrected chi connectivity index (χ3v) is 3.99. The lowest BCUT2D eigenvalue weighted by Crippen LogP contribution is -2.29. The Bertz CT molecular complexity index is 638. The van der Waals surface area contributed by atoms with Crippen LogP contribution in [-0.4, -0.2) is 18.5 Å². The molecule has 1 atom stereocenters. The predicted molar refractivity (Wildman–Crippen MR) is 95.2 cm³/mol. The lowest BCUT2D eigenvalue weighted by atomic mass is 10.0. The molecule has 1 amide bonds. The van der Waals surface area contributed by atoms with Gasteiger partial charge in [-0.15, -0.1) is 0 Å². The van der Waals surface area contributed by atoms with E-state index in [4.69, 9.17) is 5.73 Å². The molecule has 3 N–H and O–H groups in total. The molecule has 0 heterocycles. The molecule has 3 nitrogen and oxygen atoms in total. The van der Waals surface area contributed by atoms with Gasteiger partial charge in [0.15, 0.2) is 0 Å². The molecular formula is C20H25FN2O. The molecule has 0 fully saturated rings. The molecule has 0 saturated carbocycles. The minimum absolute atomic E-state index is 0.188. The molecule has 0 saturated heterocycles. The number of nitrogens with one attached hydrogen (secondary N) is 1. The standard InChI is InChI=1S/C20H25FN2O/c1-15(13-17-4-6-18(7-5-17)14-20(22)24)23-12-2-3-16-8-10-19(21)11-9-16/h4-11,15,23H,2-3,12-14H2,1H3,(H2,22,24). The summed E-state index contributed by atoms with van der Waals surface area (Å²) in [6, 6.07) is 15.1. The maximum Gasteiger partial charge on any atom is 0.221 e. The van der Waals surface area contributed by atoms with Crippen LogP contribution in [0.15, 0.2) is 48.5 Å². The smallest absolute Gasteiger partial charge is 0.221 e. The molecule has 0 aliphatic carbocycles. The number of amides is 1. The first-order chi connectivity index (χ1) is 11.5. The molecule has 0 bridgehead atoms. The van der Waals surface area contributed by atoms with Gasteiger partial charge in [-0.25, -0.2) is 4.39 Å². The Morgan fingerprint density at radius 2 is 1.62 bits per heavy atom. The van der Waals surface area contributed by atoms with E-state index in [0.717, 1.165) is 36.9 Å². The minimum Gasteiger partial charge on any atom is -0.369 e. The molecule has 2 aromatic carbocycles. The lowest BCUT2D eigenvalue weighted by molar-refractivity contribution is -0.117. The van der Waals surface area contributed by atoms with Gasteiger partial charge in [0.25, 0.3) is 0 Å². The number of carbonyl (C=O) groups excluding carboxylic acids is 1. The summed E-state index contributed by atoms with van der Waals surface area (Å²) in [5.41, 5.74) is 8.54. The zero-order valence-corrected chi connectivity index (χ0v) is 14.1. The lowest BCUT2D eigenvalue weighted by Gasteiger charge is -2.14. The van der Waals surface area contributed by atoms with E-state index in [-0.39, 0.29) is 18.1 Å². The van der Waals surface area contributed by atoms with Gasteiger partial charge in [0.05, 0.1) is 6.42 Å². The third-order valence-electron chi connectivity index (χ3n) is 3.99. The predicted octanol–water partition coefficient (Wildman–Crippen LogP) is 3.01. The van der Waals surface area contributed by atoms with Crippen molar-refractivity contribution < 1.29 is 9.18 Å². The highest BCUT2D eigenvalue weighted by Crippen LogP contribution is 2.08. The minimum atomic E-state index is -0.307. The Labute approximate surface area is 143 Å². The second-order valence-electron chi connectivity index (χ2n) is 6.25. The molecule has 0 spiro atoms. The molecule has 128 valence electrons. The normalized spacial score (nSPS) is 12.1. The number of hydrogen-bond donors (Lipinski definition) is 2. The first-order valence-corrected chi connectivity index (χ1v) is 8.37. The highest BCUT2D eigenvalue weighted by Gasteiger charge is 2.04. The first kappa shape index (κ1) is 18.1. The van der Waals surface area contributed by atoms with Gasteiger partial charge in [0.2, 0.25) is 5.91 Å². The number of carbonyl (C=O) groups is 1. The van der Waals surface area contributed by atoms with Crippen LogP contribution in [0, 0.1) is 5.82 Å². The van der Waals surface area contributed by atoms with Crippen LogP contribution in [0.3, 0.4) is 0 Å². The first-order valence-electron chi connectivity index (χ1n) is 8.37. The number of primary amides is 1. The maximum atomic E-state index is 12.8. The van der Waals surface area contributed by atoms with Crippen molar-refractivity contribution in [1.29, 1.82) is 0 Å². The van der Waals surface area contributed by atoms with Crippen LogP contribution in [0.5, 0.6) is 0 Å². The quantitative estimate of drug-likeness (QED) is 0.695. The summed E-state index contributed by atoms with van der Waals surface area (Å²) >= 11 is 0. The fourth-order valence-corrected chi connectivity index (χ4v) is 2.71. The van der Waals surface area contributed by atoms with Crippen LogP contribution in [0.25, 0.3) is 0 Å².